The van der Waals surface area contributed by atoms with Crippen molar-refractivity contribution >= 4 is 51.6 Å². The fourth-order valence-electron chi connectivity index (χ4n) is 3.35. The molecule has 27 heavy (non-hydrogen) atoms. The lowest BCUT2D eigenvalue weighted by atomic mass is 9.86. The minimum atomic E-state index is -0.630. The van der Waals surface area contributed by atoms with E-state index in [0.29, 0.717) is 12.8 Å². The molecule has 9 heteroatoms. The summed E-state index contributed by atoms with van der Waals surface area (Å²) in [6, 6.07) is 4.67. The number of alkyl halides is 1. The number of rotatable bonds is 8. The van der Waals surface area contributed by atoms with Gasteiger partial charge in [-0.2, -0.15) is 0 Å². The van der Waals surface area contributed by atoms with Crippen molar-refractivity contribution in [3.8, 4) is 11.5 Å². The molecule has 0 saturated carbocycles. The molecule has 152 valence electrons. The van der Waals surface area contributed by atoms with Crippen LogP contribution in [-0.2, 0) is 12.6 Å². The van der Waals surface area contributed by atoms with E-state index in [0.717, 1.165) is 5.56 Å². The highest BCUT2D eigenvalue weighted by atomic mass is 127. The Hall–Kier alpha value is -0.370. The highest BCUT2D eigenvalue weighted by Crippen LogP contribution is 2.41. The van der Waals surface area contributed by atoms with Crippen LogP contribution >= 0.6 is 45.6 Å². The van der Waals surface area contributed by atoms with Gasteiger partial charge < -0.3 is 29.5 Å². The molecule has 1 heterocycles. The van der Waals surface area contributed by atoms with Crippen molar-refractivity contribution in [1.29, 1.82) is 0 Å². The van der Waals surface area contributed by atoms with Crippen LogP contribution in [0.25, 0.3) is 0 Å². The van der Waals surface area contributed by atoms with Gasteiger partial charge in [-0.3, -0.25) is 4.79 Å². The quantitative estimate of drug-likeness (QED) is 0.118. The molecule has 5 atom stereocenters. The van der Waals surface area contributed by atoms with Gasteiger partial charge in [0.1, 0.15) is 35.2 Å². The maximum absolute atomic E-state index is 12.1. The first-order valence-corrected chi connectivity index (χ1v) is 10.9. The van der Waals surface area contributed by atoms with E-state index >= 15 is 0 Å². The van der Waals surface area contributed by atoms with Gasteiger partial charge >= 0.3 is 5.97 Å². The number of hydrogen-bond donors (Lipinski definition) is 4. The zero-order valence-corrected chi connectivity index (χ0v) is 19.5. The third kappa shape index (κ3) is 5.58. The van der Waals surface area contributed by atoms with Crippen molar-refractivity contribution < 1.29 is 22.8 Å². The van der Waals surface area contributed by atoms with E-state index in [9.17, 15) is 15.0 Å². The first-order chi connectivity index (χ1) is 12.6. The van der Waals surface area contributed by atoms with Gasteiger partial charge in [-0.25, -0.2) is 0 Å². The minimum absolute atomic E-state index is 0.124. The molecule has 1 unspecified atom stereocenters. The maximum Gasteiger partial charge on any atom is 0.309 e. The van der Waals surface area contributed by atoms with Crippen molar-refractivity contribution in [3.05, 3.63) is 23.8 Å². The lowest BCUT2D eigenvalue weighted by Gasteiger charge is -2.31. The fourth-order valence-corrected chi connectivity index (χ4v) is 5.04. The predicted molar refractivity (Wildman–Crippen MR) is 119 cm³/mol. The number of phenolic OH excluding ortho intramolecular Hbond substituents is 2. The molecule has 0 aliphatic carbocycles. The van der Waals surface area contributed by atoms with Crippen LogP contribution in [0.4, 0.5) is 0 Å². The number of aromatic hydroxyl groups is 2. The third-order valence-electron chi connectivity index (χ3n) is 5.08. The van der Waals surface area contributed by atoms with Crippen molar-refractivity contribution in [2.45, 2.75) is 49.0 Å². The molecule has 1 fully saturated rings. The van der Waals surface area contributed by atoms with Gasteiger partial charge in [-0.1, -0.05) is 42.5 Å². The molecule has 1 aliphatic rings. The number of nitrogens with two attached hydrogens (primary N) is 2. The SMILES string of the molecule is CC(C)[C@@H]1C[C@H]([C@H](C[C@@H](C(N)N)C(I)c2ccc(O)c(O)c2)OI)OC1=O. The Morgan fingerprint density at radius 2 is 1.96 bits per heavy atom. The van der Waals surface area contributed by atoms with Crippen molar-refractivity contribution in [2.24, 2.45) is 29.2 Å². The first kappa shape index (κ1) is 22.9. The average molecular weight is 604 g/mol. The number of carbonyl (C=O) groups excluding carboxylic acids is 1. The van der Waals surface area contributed by atoms with Crippen LogP contribution in [0.3, 0.4) is 0 Å². The van der Waals surface area contributed by atoms with E-state index in [1.807, 2.05) is 36.9 Å². The third-order valence-corrected chi connectivity index (χ3v) is 7.38. The summed E-state index contributed by atoms with van der Waals surface area (Å²) < 4.78 is 11.0. The molecule has 0 bridgehead atoms. The molecule has 1 aliphatic heterocycles. The molecule has 0 spiro atoms. The molecule has 2 rings (SSSR count). The predicted octanol–water partition coefficient (Wildman–Crippen LogP) is 3.15. The van der Waals surface area contributed by atoms with E-state index in [2.05, 4.69) is 22.6 Å². The lowest BCUT2D eigenvalue weighted by molar-refractivity contribution is -0.147. The number of halogens is 2. The largest absolute Gasteiger partial charge is 0.504 e. The second-order valence-electron chi connectivity index (χ2n) is 7.32. The summed E-state index contributed by atoms with van der Waals surface area (Å²) in [4.78, 5) is 12.1. The monoisotopic (exact) mass is 604 g/mol. The summed E-state index contributed by atoms with van der Waals surface area (Å²) in [5.41, 5.74) is 12.9. The molecule has 7 nitrogen and oxygen atoms in total. The molecule has 0 aromatic heterocycles. The Morgan fingerprint density at radius 3 is 2.44 bits per heavy atom. The van der Waals surface area contributed by atoms with Crippen molar-refractivity contribution in [3.63, 3.8) is 0 Å². The van der Waals surface area contributed by atoms with E-state index < -0.39 is 6.17 Å². The average Bonchev–Trinajstić information content (AvgIpc) is 2.99. The number of phenols is 2. The zero-order valence-electron chi connectivity index (χ0n) is 15.2. The lowest BCUT2D eigenvalue weighted by Crippen LogP contribution is -2.43. The van der Waals surface area contributed by atoms with Gasteiger partial charge in [-0.05, 0) is 30.0 Å². The standard InChI is InChI=1S/C18H26I2N2O5/c1-8(2)10-6-14(26-18(10)25)15(27-20)7-11(17(21)22)16(19)9-3-4-12(23)13(24)5-9/h3-5,8,10-11,14-17,23-24H,6-7,21-22H2,1-2H3/t10-,11+,14+,15-,16?/m0/s1. The molecular formula is C18H26I2N2O5. The Balaban J connectivity index is 2.16. The van der Waals surface area contributed by atoms with Gasteiger partial charge in [0.15, 0.2) is 11.5 Å². The van der Waals surface area contributed by atoms with E-state index in [4.69, 9.17) is 19.3 Å². The minimum Gasteiger partial charge on any atom is -0.504 e. The molecule has 1 aromatic rings. The Labute approximate surface area is 187 Å². The normalized spacial score (nSPS) is 23.5. The number of esters is 1. The summed E-state index contributed by atoms with van der Waals surface area (Å²) in [5, 5.41) is 19.3. The highest BCUT2D eigenvalue weighted by molar-refractivity contribution is 14.1. The van der Waals surface area contributed by atoms with Crippen LogP contribution in [0.1, 0.15) is 36.2 Å². The van der Waals surface area contributed by atoms with Gasteiger partial charge in [0.05, 0.1) is 12.1 Å². The zero-order chi connectivity index (χ0) is 20.3. The molecular weight excluding hydrogens is 578 g/mol. The highest BCUT2D eigenvalue weighted by Gasteiger charge is 2.42. The Kier molecular flexibility index (Phi) is 8.40. The Morgan fingerprint density at radius 1 is 1.30 bits per heavy atom. The first-order valence-electron chi connectivity index (χ1n) is 8.80. The summed E-state index contributed by atoms with van der Waals surface area (Å²) in [7, 11) is 0. The van der Waals surface area contributed by atoms with Gasteiger partial charge in [0.25, 0.3) is 0 Å². The van der Waals surface area contributed by atoms with Gasteiger partial charge in [0, 0.05) is 16.3 Å². The van der Waals surface area contributed by atoms with Crippen LogP contribution in [0.5, 0.6) is 11.5 Å². The second kappa shape index (κ2) is 9.90. The molecule has 1 aromatic carbocycles. The van der Waals surface area contributed by atoms with Crippen LogP contribution < -0.4 is 11.5 Å². The van der Waals surface area contributed by atoms with Crippen molar-refractivity contribution in [2.75, 3.05) is 0 Å². The van der Waals surface area contributed by atoms with E-state index in [-0.39, 0.29) is 51.4 Å². The van der Waals surface area contributed by atoms with E-state index in [1.165, 1.54) is 12.1 Å². The summed E-state index contributed by atoms with van der Waals surface area (Å²) in [5.74, 6) is -0.657. The van der Waals surface area contributed by atoms with Gasteiger partial charge in [-0.15, -0.1) is 0 Å². The van der Waals surface area contributed by atoms with E-state index in [1.54, 1.807) is 6.07 Å². The smallest absolute Gasteiger partial charge is 0.309 e. The van der Waals surface area contributed by atoms with Gasteiger partial charge in [0.2, 0.25) is 0 Å². The molecule has 6 N–H and O–H groups in total. The van der Waals surface area contributed by atoms with Crippen LogP contribution in [0.15, 0.2) is 18.2 Å². The number of cyclic esters (lactones) is 1. The van der Waals surface area contributed by atoms with Crippen LogP contribution in [0, 0.1) is 17.8 Å². The van der Waals surface area contributed by atoms with Crippen LogP contribution in [-0.4, -0.2) is 34.6 Å². The topological polar surface area (TPSA) is 128 Å². The maximum atomic E-state index is 12.1. The second-order valence-corrected chi connectivity index (χ2v) is 9.17. The molecule has 1 saturated heterocycles. The summed E-state index contributed by atoms with van der Waals surface area (Å²) in [6.45, 7) is 4.01. The Bertz CT molecular complexity index is 659. The number of carbonyl (C=O) groups is 1. The summed E-state index contributed by atoms with van der Waals surface area (Å²) in [6.07, 6.45) is -0.183. The number of ether oxygens (including phenoxy) is 1. The van der Waals surface area contributed by atoms with Crippen LogP contribution in [0.2, 0.25) is 0 Å². The number of hydrogen-bond acceptors (Lipinski definition) is 7. The fraction of sp³-hybridized carbons (Fsp3) is 0.611. The summed E-state index contributed by atoms with van der Waals surface area (Å²) >= 11 is 4.05. The molecule has 0 radical (unpaired) electrons. The number of benzene rings is 1. The van der Waals surface area contributed by atoms with Crippen molar-refractivity contribution in [1.82, 2.24) is 0 Å². The molecule has 0 amide bonds.